The number of rotatable bonds is 6. The van der Waals surface area contributed by atoms with Crippen LogP contribution in [0.3, 0.4) is 0 Å². The molecule has 1 amide bonds. The fourth-order valence-electron chi connectivity index (χ4n) is 2.15. The number of nitriles is 2. The van der Waals surface area contributed by atoms with Gasteiger partial charge in [0, 0.05) is 10.7 Å². The molecule has 0 heterocycles. The Bertz CT molecular complexity index is 977. The minimum absolute atomic E-state index is 0.0847. The van der Waals surface area contributed by atoms with Crippen LogP contribution in [0.2, 0.25) is 5.02 Å². The summed E-state index contributed by atoms with van der Waals surface area (Å²) in [4.78, 5) is 12.4. The monoisotopic (exact) mass is 493 g/mol. The third-order valence-corrected chi connectivity index (χ3v) is 4.33. The van der Waals surface area contributed by atoms with Crippen molar-refractivity contribution in [1.29, 1.82) is 10.5 Å². The van der Waals surface area contributed by atoms with Crippen molar-refractivity contribution >= 4 is 51.9 Å². The van der Waals surface area contributed by atoms with Gasteiger partial charge in [-0.2, -0.15) is 10.5 Å². The van der Waals surface area contributed by atoms with E-state index in [0.29, 0.717) is 31.3 Å². The molecule has 0 bridgehead atoms. The van der Waals surface area contributed by atoms with Gasteiger partial charge in [0.25, 0.3) is 5.91 Å². The van der Waals surface area contributed by atoms with Crippen LogP contribution in [0.1, 0.15) is 5.56 Å². The molecule has 0 atom stereocenters. The summed E-state index contributed by atoms with van der Waals surface area (Å²) >= 11 is 7.93. The van der Waals surface area contributed by atoms with Crippen LogP contribution in [0, 0.1) is 26.2 Å². The molecule has 8 heteroatoms. The Kier molecular flexibility index (Phi) is 7.47. The number of methoxy groups -OCH3 is 1. The van der Waals surface area contributed by atoms with Crippen molar-refractivity contribution in [2.75, 3.05) is 19.0 Å². The van der Waals surface area contributed by atoms with Gasteiger partial charge in [0.2, 0.25) is 0 Å². The number of carbonyl (C=O) groups excluding carboxylic acids is 1. The molecule has 0 unspecified atom stereocenters. The zero-order chi connectivity index (χ0) is 19.8. The van der Waals surface area contributed by atoms with Crippen LogP contribution in [0.15, 0.2) is 42.0 Å². The van der Waals surface area contributed by atoms with Crippen LogP contribution in [-0.2, 0) is 4.79 Å². The molecule has 0 spiro atoms. The maximum absolute atomic E-state index is 12.4. The summed E-state index contributed by atoms with van der Waals surface area (Å²) in [7, 11) is 1.47. The highest BCUT2D eigenvalue weighted by Crippen LogP contribution is 2.34. The van der Waals surface area contributed by atoms with Gasteiger partial charge in [0.1, 0.15) is 17.7 Å². The van der Waals surface area contributed by atoms with Crippen LogP contribution < -0.4 is 14.8 Å². The van der Waals surface area contributed by atoms with Crippen LogP contribution in [-0.4, -0.2) is 19.6 Å². The van der Waals surface area contributed by atoms with Gasteiger partial charge in [-0.05, 0) is 64.6 Å². The van der Waals surface area contributed by atoms with Gasteiger partial charge in [0.05, 0.1) is 10.7 Å². The summed E-state index contributed by atoms with van der Waals surface area (Å²) in [6.45, 7) is -0.118. The Morgan fingerprint density at radius 3 is 2.74 bits per heavy atom. The van der Waals surface area contributed by atoms with Crippen molar-refractivity contribution in [3.05, 3.63) is 56.1 Å². The summed E-state index contributed by atoms with van der Waals surface area (Å²) in [6, 6.07) is 13.8. The topological polar surface area (TPSA) is 95.1 Å². The molecule has 2 aromatic rings. The quantitative estimate of drug-likeness (QED) is 0.366. The number of ether oxygens (including phenoxy) is 2. The predicted molar refractivity (Wildman–Crippen MR) is 110 cm³/mol. The number of nitrogens with zero attached hydrogens (tertiary/aromatic N) is 2. The van der Waals surface area contributed by atoms with Crippen LogP contribution in [0.5, 0.6) is 11.5 Å². The Hall–Kier alpha value is -2.75. The van der Waals surface area contributed by atoms with Crippen LogP contribution >= 0.6 is 34.2 Å². The second-order valence-corrected chi connectivity index (χ2v) is 6.71. The van der Waals surface area contributed by atoms with Gasteiger partial charge >= 0.3 is 0 Å². The van der Waals surface area contributed by atoms with Gasteiger partial charge in [-0.3, -0.25) is 4.79 Å². The molecule has 27 heavy (non-hydrogen) atoms. The lowest BCUT2D eigenvalue weighted by Gasteiger charge is -2.12. The highest BCUT2D eigenvalue weighted by atomic mass is 127. The predicted octanol–water partition coefficient (Wildman–Crippen LogP) is 4.40. The number of hydrogen-bond acceptors (Lipinski definition) is 5. The molecule has 0 saturated carbocycles. The number of benzene rings is 2. The fraction of sp³-hybridized carbons (Fsp3) is 0.105. The van der Waals surface area contributed by atoms with Gasteiger partial charge in [0.15, 0.2) is 18.1 Å². The van der Waals surface area contributed by atoms with Crippen molar-refractivity contribution in [3.8, 4) is 23.6 Å². The van der Waals surface area contributed by atoms with E-state index < -0.39 is 5.91 Å². The van der Waals surface area contributed by atoms with Gasteiger partial charge < -0.3 is 14.8 Å². The standard InChI is InChI=1S/C19H13ClIN3O3/c1-26-17-9-12(8-16(21)18(17)27-6-5-22)7-13(11-23)19(25)24-15-4-2-3-14(20)10-15/h2-4,7-10H,6H2,1H3,(H,24,25)/b13-7+. The van der Waals surface area contributed by atoms with Gasteiger partial charge in [-0.1, -0.05) is 17.7 Å². The average Bonchev–Trinajstić information content (AvgIpc) is 2.64. The molecular weight excluding hydrogens is 481 g/mol. The molecule has 0 aliphatic heterocycles. The number of anilines is 1. The van der Waals surface area contributed by atoms with Gasteiger partial charge in [-0.15, -0.1) is 0 Å². The molecule has 0 saturated heterocycles. The summed E-state index contributed by atoms with van der Waals surface area (Å²) in [5.74, 6) is 0.271. The molecule has 1 N–H and O–H groups in total. The zero-order valence-electron chi connectivity index (χ0n) is 14.1. The summed E-state index contributed by atoms with van der Waals surface area (Å²) in [5, 5.41) is 21.1. The van der Waals surface area contributed by atoms with E-state index in [1.165, 1.54) is 13.2 Å². The molecule has 6 nitrogen and oxygen atoms in total. The van der Waals surface area contributed by atoms with E-state index in [4.69, 9.17) is 26.3 Å². The van der Waals surface area contributed by atoms with Crippen molar-refractivity contribution < 1.29 is 14.3 Å². The Morgan fingerprint density at radius 1 is 1.33 bits per heavy atom. The smallest absolute Gasteiger partial charge is 0.266 e. The van der Waals surface area contributed by atoms with E-state index in [1.807, 2.05) is 34.7 Å². The highest BCUT2D eigenvalue weighted by molar-refractivity contribution is 14.1. The molecule has 2 rings (SSSR count). The lowest BCUT2D eigenvalue weighted by Crippen LogP contribution is -2.13. The summed E-state index contributed by atoms with van der Waals surface area (Å²) in [5.41, 5.74) is 0.984. The molecule has 0 radical (unpaired) electrons. The fourth-order valence-corrected chi connectivity index (χ4v) is 3.12. The van der Waals surface area contributed by atoms with Crippen LogP contribution in [0.4, 0.5) is 5.69 Å². The Balaban J connectivity index is 2.31. The number of amides is 1. The third kappa shape index (κ3) is 5.61. The van der Waals surface area contributed by atoms with E-state index in [9.17, 15) is 10.1 Å². The normalized spacial score (nSPS) is 10.5. The SMILES string of the molecule is COc1cc(/C=C(\C#N)C(=O)Nc2cccc(Cl)c2)cc(I)c1OCC#N. The number of carbonyl (C=O) groups is 1. The third-order valence-electron chi connectivity index (χ3n) is 3.29. The molecular formula is C19H13ClIN3O3. The molecule has 0 aliphatic carbocycles. The molecule has 0 aromatic heterocycles. The Morgan fingerprint density at radius 2 is 2.11 bits per heavy atom. The van der Waals surface area contributed by atoms with E-state index in [2.05, 4.69) is 5.32 Å². The zero-order valence-corrected chi connectivity index (χ0v) is 17.0. The van der Waals surface area contributed by atoms with Crippen molar-refractivity contribution in [2.45, 2.75) is 0 Å². The molecule has 136 valence electrons. The Labute approximate surface area is 175 Å². The second kappa shape index (κ2) is 9.81. The minimum Gasteiger partial charge on any atom is -0.493 e. The van der Waals surface area contributed by atoms with E-state index >= 15 is 0 Å². The molecule has 2 aromatic carbocycles. The van der Waals surface area contributed by atoms with E-state index in [1.54, 1.807) is 36.4 Å². The first-order valence-corrected chi connectivity index (χ1v) is 9.00. The highest BCUT2D eigenvalue weighted by Gasteiger charge is 2.14. The van der Waals surface area contributed by atoms with E-state index in [-0.39, 0.29) is 12.2 Å². The largest absolute Gasteiger partial charge is 0.493 e. The summed E-state index contributed by atoms with van der Waals surface area (Å²) in [6.07, 6.45) is 1.44. The van der Waals surface area contributed by atoms with Crippen LogP contribution in [0.25, 0.3) is 6.08 Å². The van der Waals surface area contributed by atoms with Gasteiger partial charge in [-0.25, -0.2) is 0 Å². The first kappa shape index (κ1) is 20.6. The second-order valence-electron chi connectivity index (χ2n) is 5.12. The first-order chi connectivity index (χ1) is 13.0. The number of halogens is 2. The summed E-state index contributed by atoms with van der Waals surface area (Å²) < 4.78 is 11.3. The number of hydrogen-bond donors (Lipinski definition) is 1. The van der Waals surface area contributed by atoms with Crippen molar-refractivity contribution in [2.24, 2.45) is 0 Å². The van der Waals surface area contributed by atoms with Crippen molar-refractivity contribution in [3.63, 3.8) is 0 Å². The maximum atomic E-state index is 12.4. The molecule has 0 aliphatic rings. The first-order valence-electron chi connectivity index (χ1n) is 7.54. The number of nitrogens with one attached hydrogen (secondary N) is 1. The molecule has 0 fully saturated rings. The average molecular weight is 494 g/mol. The lowest BCUT2D eigenvalue weighted by atomic mass is 10.1. The maximum Gasteiger partial charge on any atom is 0.266 e. The minimum atomic E-state index is -0.557. The lowest BCUT2D eigenvalue weighted by molar-refractivity contribution is -0.112. The van der Waals surface area contributed by atoms with E-state index in [0.717, 1.165) is 0 Å². The van der Waals surface area contributed by atoms with Crippen molar-refractivity contribution in [1.82, 2.24) is 0 Å².